The summed E-state index contributed by atoms with van der Waals surface area (Å²) in [6, 6.07) is 1.26. The molecule has 41 heavy (non-hydrogen) atoms. The van der Waals surface area contributed by atoms with Crippen molar-refractivity contribution in [2.45, 2.75) is 64.8 Å². The number of carboxylic acids is 1. The number of hydrogen-bond acceptors (Lipinski definition) is 6. The molecule has 1 unspecified atom stereocenters. The molecule has 0 saturated carbocycles. The van der Waals surface area contributed by atoms with Crippen molar-refractivity contribution in [3.8, 4) is 0 Å². The molecule has 1 fully saturated rings. The summed E-state index contributed by atoms with van der Waals surface area (Å²) in [5, 5.41) is 15.6. The molecule has 3 atom stereocenters. The van der Waals surface area contributed by atoms with Crippen LogP contribution in [0.4, 0.5) is 13.2 Å². The number of rotatable bonds is 11. The second-order valence-electron chi connectivity index (χ2n) is 10.1. The maximum Gasteiger partial charge on any atom is 0.452 e. The fourth-order valence-corrected chi connectivity index (χ4v) is 4.21. The van der Waals surface area contributed by atoms with E-state index < -0.39 is 78.1 Å². The van der Waals surface area contributed by atoms with E-state index in [-0.39, 0.29) is 53.6 Å². The number of alkyl halides is 3. The number of benzene rings is 1. The first-order valence-electron chi connectivity index (χ1n) is 12.7. The van der Waals surface area contributed by atoms with Crippen LogP contribution in [-0.2, 0) is 19.2 Å². The number of amides is 4. The first kappa shape index (κ1) is 36.1. The van der Waals surface area contributed by atoms with Crippen LogP contribution >= 0.6 is 0 Å². The van der Waals surface area contributed by atoms with Gasteiger partial charge in [-0.3, -0.25) is 28.8 Å². The number of nitrogens with one attached hydrogen (secondary N) is 3. The Balaban J connectivity index is 0.00000840. The molecule has 4 amide bonds. The minimum atomic E-state index is -5.14. The van der Waals surface area contributed by atoms with E-state index in [2.05, 4.69) is 16.0 Å². The molecule has 0 bridgehead atoms. The van der Waals surface area contributed by atoms with Gasteiger partial charge in [-0.05, 0) is 48.9 Å². The predicted octanol–water partition coefficient (Wildman–Crippen LogP) is 1.14. The molecule has 0 aromatic heterocycles. The first-order valence-corrected chi connectivity index (χ1v) is 12.7. The number of halogens is 3. The molecule has 1 aliphatic heterocycles. The molecule has 1 heterocycles. The Bertz CT molecular complexity index is 1140. The van der Waals surface area contributed by atoms with E-state index in [1.807, 2.05) is 0 Å². The summed E-state index contributed by atoms with van der Waals surface area (Å²) < 4.78 is 39.1. The van der Waals surface area contributed by atoms with Gasteiger partial charge < -0.3 is 26.0 Å². The summed E-state index contributed by atoms with van der Waals surface area (Å²) in [5.74, 6) is -7.37. The number of likely N-dealkylation sites (tertiary alicyclic amines) is 1. The summed E-state index contributed by atoms with van der Waals surface area (Å²) >= 11 is 0. The predicted molar refractivity (Wildman–Crippen MR) is 141 cm³/mol. The molecule has 15 heteroatoms. The third-order valence-corrected chi connectivity index (χ3v) is 6.39. The van der Waals surface area contributed by atoms with Crippen molar-refractivity contribution in [2.75, 3.05) is 13.1 Å². The standard InChI is InChI=1S/C26H33F3N4O7.Na/c1-13(2)19(21(36)26(27,28)29)31-24(39)17-6-5-11-33(17)25(40)20(14(3)4)32-23(38)16-9-7-15(8-10-16)22(37)30-12-18(34)35;/h7-10,13-14,17,19-20H,5-6,11-12H2,1-4H3,(H,30,37)(H,31,39)(H,32,38)(H,34,35);/t17-,19?,20-;/m0./s1. The van der Waals surface area contributed by atoms with Gasteiger partial charge in [0.1, 0.15) is 18.6 Å². The van der Waals surface area contributed by atoms with Crippen LogP contribution in [0.25, 0.3) is 0 Å². The second-order valence-corrected chi connectivity index (χ2v) is 10.1. The van der Waals surface area contributed by atoms with Crippen LogP contribution in [0.1, 0.15) is 61.3 Å². The SMILES string of the molecule is CC(C)C(NC(=O)[C@@H]1CCCN1C(=O)[C@@H](NC(=O)c1ccc(C(=O)NCC(=O)O)cc1)C(C)C)C(=O)C(F)(F)F.[Na]. The number of ketones is 1. The number of carbonyl (C=O) groups is 6. The summed E-state index contributed by atoms with van der Waals surface area (Å²) in [6.07, 6.45) is -4.57. The van der Waals surface area contributed by atoms with Crippen molar-refractivity contribution in [1.29, 1.82) is 0 Å². The molecule has 221 valence electrons. The Morgan fingerprint density at radius 3 is 1.88 bits per heavy atom. The van der Waals surface area contributed by atoms with Gasteiger partial charge in [-0.25, -0.2) is 0 Å². The number of hydrogen-bond donors (Lipinski definition) is 4. The third-order valence-electron chi connectivity index (χ3n) is 6.39. The van der Waals surface area contributed by atoms with Gasteiger partial charge in [0.05, 0.1) is 6.04 Å². The zero-order chi connectivity index (χ0) is 30.4. The van der Waals surface area contributed by atoms with E-state index in [1.165, 1.54) is 43.0 Å². The van der Waals surface area contributed by atoms with E-state index in [9.17, 15) is 41.9 Å². The maximum atomic E-state index is 13.4. The van der Waals surface area contributed by atoms with E-state index in [0.29, 0.717) is 6.42 Å². The number of Topliss-reactive ketones (excluding diaryl/α,β-unsaturated/α-hetero) is 1. The van der Waals surface area contributed by atoms with Gasteiger partial charge in [0.2, 0.25) is 11.8 Å². The first-order chi connectivity index (χ1) is 18.5. The van der Waals surface area contributed by atoms with Gasteiger partial charge in [0.15, 0.2) is 0 Å². The fraction of sp³-hybridized carbons (Fsp3) is 0.538. The topological polar surface area (TPSA) is 162 Å². The van der Waals surface area contributed by atoms with Crippen molar-refractivity contribution in [2.24, 2.45) is 11.8 Å². The van der Waals surface area contributed by atoms with Crippen molar-refractivity contribution < 1.29 is 47.0 Å². The van der Waals surface area contributed by atoms with E-state index >= 15 is 0 Å². The molecule has 1 aromatic rings. The van der Waals surface area contributed by atoms with E-state index in [1.54, 1.807) is 13.8 Å². The molecule has 4 N–H and O–H groups in total. The summed E-state index contributed by atoms with van der Waals surface area (Å²) in [4.78, 5) is 74.9. The van der Waals surface area contributed by atoms with Gasteiger partial charge >= 0.3 is 12.1 Å². The van der Waals surface area contributed by atoms with Crippen LogP contribution in [0.15, 0.2) is 24.3 Å². The summed E-state index contributed by atoms with van der Waals surface area (Å²) in [6.45, 7) is 5.62. The van der Waals surface area contributed by atoms with Gasteiger partial charge in [-0.15, -0.1) is 0 Å². The zero-order valence-corrected chi connectivity index (χ0v) is 25.5. The second kappa shape index (κ2) is 15.3. The average molecular weight is 594 g/mol. The molecule has 1 saturated heterocycles. The van der Waals surface area contributed by atoms with E-state index in [4.69, 9.17) is 5.11 Å². The Morgan fingerprint density at radius 2 is 1.41 bits per heavy atom. The van der Waals surface area contributed by atoms with Crippen molar-refractivity contribution in [3.05, 3.63) is 35.4 Å². The smallest absolute Gasteiger partial charge is 0.452 e. The van der Waals surface area contributed by atoms with Gasteiger partial charge in [-0.1, -0.05) is 27.7 Å². The molecule has 0 spiro atoms. The molecule has 11 nitrogen and oxygen atoms in total. The van der Waals surface area contributed by atoms with Crippen LogP contribution in [0, 0.1) is 11.8 Å². The van der Waals surface area contributed by atoms with E-state index in [0.717, 1.165) is 0 Å². The van der Waals surface area contributed by atoms with Crippen molar-refractivity contribution in [3.63, 3.8) is 0 Å². The fourth-order valence-electron chi connectivity index (χ4n) is 4.21. The van der Waals surface area contributed by atoms with Gasteiger partial charge in [-0.2, -0.15) is 13.2 Å². The Hall–Kier alpha value is -2.97. The maximum absolute atomic E-state index is 13.4. The minimum absolute atomic E-state index is 0. The normalized spacial score (nSPS) is 16.4. The largest absolute Gasteiger partial charge is 0.480 e. The van der Waals surface area contributed by atoms with Gasteiger partial charge in [0, 0.05) is 47.2 Å². The molecule has 1 radical (unpaired) electrons. The Labute approximate surface area is 257 Å². The number of nitrogens with zero attached hydrogens (tertiary/aromatic N) is 1. The number of carbonyl (C=O) groups excluding carboxylic acids is 5. The molecule has 1 aromatic carbocycles. The van der Waals surface area contributed by atoms with Crippen LogP contribution in [0.5, 0.6) is 0 Å². The molecular weight excluding hydrogens is 560 g/mol. The van der Waals surface area contributed by atoms with Crippen LogP contribution in [-0.4, -0.2) is 112 Å². The average Bonchev–Trinajstić information content (AvgIpc) is 3.37. The number of carboxylic acid groups (broad SMARTS) is 1. The molecular formula is C26H33F3N4NaO7. The monoisotopic (exact) mass is 593 g/mol. The molecule has 1 aliphatic rings. The van der Waals surface area contributed by atoms with Crippen LogP contribution < -0.4 is 16.0 Å². The van der Waals surface area contributed by atoms with Crippen molar-refractivity contribution >= 4 is 64.9 Å². The third kappa shape index (κ3) is 9.82. The van der Waals surface area contributed by atoms with Crippen LogP contribution in [0.3, 0.4) is 0 Å². The summed E-state index contributed by atoms with van der Waals surface area (Å²) in [5.41, 5.74) is 0.221. The summed E-state index contributed by atoms with van der Waals surface area (Å²) in [7, 11) is 0. The Kier molecular flexibility index (Phi) is 13.5. The molecule has 2 rings (SSSR count). The minimum Gasteiger partial charge on any atom is -0.480 e. The quantitative estimate of drug-likeness (QED) is 0.280. The van der Waals surface area contributed by atoms with Crippen molar-refractivity contribution in [1.82, 2.24) is 20.9 Å². The zero-order valence-electron chi connectivity index (χ0n) is 23.5. The van der Waals surface area contributed by atoms with Crippen LogP contribution in [0.2, 0.25) is 0 Å². The van der Waals surface area contributed by atoms with Gasteiger partial charge in [0.25, 0.3) is 17.6 Å². The number of aliphatic carboxylic acids is 1. The Morgan fingerprint density at radius 1 is 0.902 bits per heavy atom. The molecule has 0 aliphatic carbocycles.